The van der Waals surface area contributed by atoms with E-state index in [1.807, 2.05) is 0 Å². The van der Waals surface area contributed by atoms with E-state index in [9.17, 15) is 0 Å². The quantitative estimate of drug-likeness (QED) is 0.856. The number of piperidine rings is 1. The molecule has 3 rings (SSSR count). The molecule has 18 heavy (non-hydrogen) atoms. The molecule has 0 atom stereocenters. The monoisotopic (exact) mass is 245 g/mol. The maximum Gasteiger partial charge on any atom is 0.0226 e. The minimum atomic E-state index is 0.738. The second kappa shape index (κ2) is 5.29. The first-order valence-corrected chi connectivity index (χ1v) is 7.17. The maximum atomic E-state index is 5.62. The van der Waals surface area contributed by atoms with Gasteiger partial charge < -0.3 is 15.6 Å². The molecule has 0 amide bonds. The lowest BCUT2D eigenvalue weighted by molar-refractivity contribution is 0.217. The molecule has 3 N–H and O–H groups in total. The number of nitrogens with two attached hydrogens (primary N) is 1. The lowest BCUT2D eigenvalue weighted by atomic mass is 9.87. The molecule has 98 valence electrons. The summed E-state index contributed by atoms with van der Waals surface area (Å²) in [6.07, 6.45) is 11.8. The largest absolute Gasteiger partial charge is 0.364 e. The van der Waals surface area contributed by atoms with E-state index in [0.717, 1.165) is 19.0 Å². The number of allylic oxidation sites excluding steroid dienone is 1. The summed E-state index contributed by atoms with van der Waals surface area (Å²) in [5, 5.41) is 0. The second-order valence-electron chi connectivity index (χ2n) is 5.48. The predicted octanol–water partition coefficient (Wildman–Crippen LogP) is 2.11. The summed E-state index contributed by atoms with van der Waals surface area (Å²) in [6, 6.07) is 0. The van der Waals surface area contributed by atoms with Crippen LogP contribution in [0, 0.1) is 0 Å². The third-order valence-corrected chi connectivity index (χ3v) is 4.36. The lowest BCUT2D eigenvalue weighted by Gasteiger charge is -2.31. The van der Waals surface area contributed by atoms with E-state index < -0.39 is 0 Å². The number of nitrogens with one attached hydrogen (secondary N) is 1. The van der Waals surface area contributed by atoms with Gasteiger partial charge in [0.15, 0.2) is 0 Å². The van der Waals surface area contributed by atoms with Crippen molar-refractivity contribution in [3.05, 3.63) is 29.1 Å². The Kier molecular flexibility index (Phi) is 3.52. The Hall–Kier alpha value is -1.06. The molecule has 0 aromatic carbocycles. The Morgan fingerprint density at radius 2 is 2.17 bits per heavy atom. The third kappa shape index (κ3) is 2.25. The highest BCUT2D eigenvalue weighted by Gasteiger charge is 2.24. The van der Waals surface area contributed by atoms with Gasteiger partial charge in [0.1, 0.15) is 0 Å². The van der Waals surface area contributed by atoms with Crippen LogP contribution in [-0.2, 0) is 6.42 Å². The minimum Gasteiger partial charge on any atom is -0.364 e. The summed E-state index contributed by atoms with van der Waals surface area (Å²) in [7, 11) is 0. The van der Waals surface area contributed by atoms with E-state index in [4.69, 9.17) is 5.73 Å². The Morgan fingerprint density at radius 3 is 2.94 bits per heavy atom. The molecule has 0 bridgehead atoms. The number of rotatable bonds is 3. The standard InChI is InChI=1S/C15H23N3/c16-7-10-18-8-5-12(6-9-18)14-11-17-15-4-2-1-3-13(14)15/h1,3,11-12,17H,2,4-10,16H2. The van der Waals surface area contributed by atoms with Crippen molar-refractivity contribution in [1.29, 1.82) is 0 Å². The van der Waals surface area contributed by atoms with Crippen molar-refractivity contribution >= 4 is 6.08 Å². The molecule has 0 saturated carbocycles. The first-order valence-electron chi connectivity index (χ1n) is 7.17. The van der Waals surface area contributed by atoms with Gasteiger partial charge in [0, 0.05) is 25.0 Å². The predicted molar refractivity (Wildman–Crippen MR) is 75.6 cm³/mol. The number of aromatic amines is 1. The van der Waals surface area contributed by atoms with Crippen LogP contribution in [0.5, 0.6) is 0 Å². The van der Waals surface area contributed by atoms with Gasteiger partial charge in [-0.1, -0.05) is 12.2 Å². The SMILES string of the molecule is NCCN1CCC(c2c[nH]c3c2C=CCC3)CC1. The van der Waals surface area contributed by atoms with Crippen LogP contribution < -0.4 is 5.73 Å². The van der Waals surface area contributed by atoms with Crippen LogP contribution in [0.25, 0.3) is 6.08 Å². The fourth-order valence-electron chi connectivity index (χ4n) is 3.32. The molecule has 1 saturated heterocycles. The zero-order chi connectivity index (χ0) is 12.4. The Bertz CT molecular complexity index is 425. The average molecular weight is 245 g/mol. The van der Waals surface area contributed by atoms with Crippen LogP contribution in [0.1, 0.15) is 42.0 Å². The van der Waals surface area contributed by atoms with Gasteiger partial charge in [-0.05, 0) is 55.8 Å². The summed E-state index contributed by atoms with van der Waals surface area (Å²) in [5.74, 6) is 0.738. The molecule has 2 heterocycles. The molecule has 0 spiro atoms. The Morgan fingerprint density at radius 1 is 1.33 bits per heavy atom. The van der Waals surface area contributed by atoms with E-state index in [-0.39, 0.29) is 0 Å². The number of aryl methyl sites for hydroxylation is 1. The zero-order valence-corrected chi connectivity index (χ0v) is 11.0. The highest BCUT2D eigenvalue weighted by Crippen LogP contribution is 2.34. The first-order chi connectivity index (χ1) is 8.88. The smallest absolute Gasteiger partial charge is 0.0226 e. The molecule has 1 aliphatic carbocycles. The van der Waals surface area contributed by atoms with E-state index in [0.29, 0.717) is 0 Å². The molecular weight excluding hydrogens is 222 g/mol. The lowest BCUT2D eigenvalue weighted by Crippen LogP contribution is -2.36. The number of hydrogen-bond donors (Lipinski definition) is 2. The van der Waals surface area contributed by atoms with Gasteiger partial charge in [-0.3, -0.25) is 0 Å². The van der Waals surface area contributed by atoms with E-state index in [1.54, 1.807) is 5.56 Å². The van der Waals surface area contributed by atoms with Crippen LogP contribution in [0.15, 0.2) is 12.3 Å². The van der Waals surface area contributed by atoms with Crippen LogP contribution in [-0.4, -0.2) is 36.1 Å². The van der Waals surface area contributed by atoms with Crippen molar-refractivity contribution in [2.24, 2.45) is 5.73 Å². The van der Waals surface area contributed by atoms with Crippen molar-refractivity contribution in [2.45, 2.75) is 31.6 Å². The van der Waals surface area contributed by atoms with Gasteiger partial charge in [-0.2, -0.15) is 0 Å². The molecular formula is C15H23N3. The fourth-order valence-corrected chi connectivity index (χ4v) is 3.32. The molecule has 1 aliphatic heterocycles. The van der Waals surface area contributed by atoms with Gasteiger partial charge in [-0.15, -0.1) is 0 Å². The minimum absolute atomic E-state index is 0.738. The molecule has 1 aromatic rings. The Labute approximate surface area is 109 Å². The van der Waals surface area contributed by atoms with Crippen LogP contribution in [0.4, 0.5) is 0 Å². The van der Waals surface area contributed by atoms with E-state index in [2.05, 4.69) is 28.2 Å². The van der Waals surface area contributed by atoms with Gasteiger partial charge in [0.2, 0.25) is 0 Å². The number of H-pyrrole nitrogens is 1. The van der Waals surface area contributed by atoms with Gasteiger partial charge >= 0.3 is 0 Å². The van der Waals surface area contributed by atoms with Gasteiger partial charge in [0.25, 0.3) is 0 Å². The van der Waals surface area contributed by atoms with Gasteiger partial charge in [0.05, 0.1) is 0 Å². The normalized spacial score (nSPS) is 21.2. The molecule has 1 fully saturated rings. The van der Waals surface area contributed by atoms with Crippen LogP contribution in [0.3, 0.4) is 0 Å². The summed E-state index contributed by atoms with van der Waals surface area (Å²) in [4.78, 5) is 5.97. The number of aromatic nitrogens is 1. The van der Waals surface area contributed by atoms with E-state index >= 15 is 0 Å². The molecule has 0 radical (unpaired) electrons. The number of hydrogen-bond acceptors (Lipinski definition) is 2. The highest BCUT2D eigenvalue weighted by molar-refractivity contribution is 5.59. The number of fused-ring (bicyclic) bond motifs is 1. The average Bonchev–Trinajstić information content (AvgIpc) is 2.84. The van der Waals surface area contributed by atoms with Crippen molar-refractivity contribution in [3.63, 3.8) is 0 Å². The maximum absolute atomic E-state index is 5.62. The molecule has 3 nitrogen and oxygen atoms in total. The molecule has 0 unspecified atom stereocenters. The zero-order valence-electron chi connectivity index (χ0n) is 11.0. The summed E-state index contributed by atoms with van der Waals surface area (Å²) in [5.41, 5.74) is 10.1. The van der Waals surface area contributed by atoms with Gasteiger partial charge in [-0.25, -0.2) is 0 Å². The van der Waals surface area contributed by atoms with Crippen molar-refractivity contribution < 1.29 is 0 Å². The first kappa shape index (κ1) is 12.0. The number of likely N-dealkylation sites (tertiary alicyclic amines) is 1. The summed E-state index contributed by atoms with van der Waals surface area (Å²) >= 11 is 0. The molecule has 1 aromatic heterocycles. The van der Waals surface area contributed by atoms with Crippen molar-refractivity contribution in [2.75, 3.05) is 26.2 Å². The van der Waals surface area contributed by atoms with Crippen molar-refractivity contribution in [1.82, 2.24) is 9.88 Å². The fraction of sp³-hybridized carbons (Fsp3) is 0.600. The highest BCUT2D eigenvalue weighted by atomic mass is 15.1. The van der Waals surface area contributed by atoms with Crippen LogP contribution in [0.2, 0.25) is 0 Å². The molecule has 2 aliphatic rings. The van der Waals surface area contributed by atoms with E-state index in [1.165, 1.54) is 50.0 Å². The number of nitrogens with zero attached hydrogens (tertiary/aromatic N) is 1. The van der Waals surface area contributed by atoms with Crippen LogP contribution >= 0.6 is 0 Å². The topological polar surface area (TPSA) is 45.0 Å². The van der Waals surface area contributed by atoms with Crippen molar-refractivity contribution in [3.8, 4) is 0 Å². The third-order valence-electron chi connectivity index (χ3n) is 4.36. The second-order valence-corrected chi connectivity index (χ2v) is 5.48. The summed E-state index contributed by atoms with van der Waals surface area (Å²) in [6.45, 7) is 4.24. The summed E-state index contributed by atoms with van der Waals surface area (Å²) < 4.78 is 0. The molecule has 3 heteroatoms. The Balaban J connectivity index is 1.70.